The molecule has 2 N–H and O–H groups in total. The summed E-state index contributed by atoms with van der Waals surface area (Å²) < 4.78 is 15.3. The summed E-state index contributed by atoms with van der Waals surface area (Å²) in [6.07, 6.45) is 3.28. The first-order valence-corrected chi connectivity index (χ1v) is 8.60. The summed E-state index contributed by atoms with van der Waals surface area (Å²) in [5.74, 6) is 0.873. The lowest BCUT2D eigenvalue weighted by Crippen LogP contribution is -1.93. The van der Waals surface area contributed by atoms with Crippen molar-refractivity contribution in [3.8, 4) is 22.5 Å². The van der Waals surface area contributed by atoms with Gasteiger partial charge in [-0.25, -0.2) is 13.9 Å². The number of hydrogen-bond donors (Lipinski definition) is 2. The summed E-state index contributed by atoms with van der Waals surface area (Å²) in [6, 6.07) is 17.9. The average Bonchev–Trinajstić information content (AvgIpc) is 3.38. The molecule has 0 spiro atoms. The minimum Gasteiger partial charge on any atom is -0.323 e. The van der Waals surface area contributed by atoms with E-state index in [0.29, 0.717) is 17.4 Å². The Morgan fingerprint density at radius 3 is 2.64 bits per heavy atom. The van der Waals surface area contributed by atoms with Gasteiger partial charge in [0.05, 0.1) is 0 Å². The number of H-pyrrole nitrogens is 1. The van der Waals surface area contributed by atoms with E-state index in [9.17, 15) is 4.39 Å². The third-order valence-electron chi connectivity index (χ3n) is 4.33. The Bertz CT molecular complexity index is 1240. The molecule has 0 saturated heterocycles. The maximum Gasteiger partial charge on any atom is 0.247 e. The molecule has 0 aliphatic rings. The maximum absolute atomic E-state index is 13.6. The Kier molecular flexibility index (Phi) is 3.79. The summed E-state index contributed by atoms with van der Waals surface area (Å²) in [6.45, 7) is 0. The van der Waals surface area contributed by atoms with Crippen molar-refractivity contribution in [1.29, 1.82) is 0 Å². The molecule has 0 fully saturated rings. The van der Waals surface area contributed by atoms with E-state index in [0.717, 1.165) is 22.4 Å². The van der Waals surface area contributed by atoms with Crippen LogP contribution in [0.1, 0.15) is 0 Å². The molecule has 5 aromatic rings. The first kappa shape index (κ1) is 16.1. The van der Waals surface area contributed by atoms with Gasteiger partial charge in [0.1, 0.15) is 12.1 Å². The number of rotatable bonds is 4. The third kappa shape index (κ3) is 2.96. The summed E-state index contributed by atoms with van der Waals surface area (Å²) in [5.41, 5.74) is 3.98. The first-order valence-electron chi connectivity index (χ1n) is 8.60. The van der Waals surface area contributed by atoms with Crippen LogP contribution in [-0.4, -0.2) is 29.8 Å². The molecule has 0 atom stereocenters. The SMILES string of the molecule is Fc1cccc(-c2cccn3nc(Nc4ccc(-c5ncn[nH]5)cc4)nc23)c1. The highest BCUT2D eigenvalue weighted by molar-refractivity contribution is 5.78. The predicted molar refractivity (Wildman–Crippen MR) is 103 cm³/mol. The van der Waals surface area contributed by atoms with Crippen molar-refractivity contribution in [3.63, 3.8) is 0 Å². The molecule has 0 radical (unpaired) electrons. The maximum atomic E-state index is 13.6. The fraction of sp³-hybridized carbons (Fsp3) is 0. The van der Waals surface area contributed by atoms with Crippen molar-refractivity contribution in [2.24, 2.45) is 0 Å². The molecule has 136 valence electrons. The quantitative estimate of drug-likeness (QED) is 0.498. The zero-order chi connectivity index (χ0) is 18.9. The molecule has 5 rings (SSSR count). The lowest BCUT2D eigenvalue weighted by molar-refractivity contribution is 0.628. The zero-order valence-corrected chi connectivity index (χ0v) is 14.5. The fourth-order valence-electron chi connectivity index (χ4n) is 3.03. The van der Waals surface area contributed by atoms with Gasteiger partial charge in [0.15, 0.2) is 11.5 Å². The topological polar surface area (TPSA) is 83.8 Å². The van der Waals surface area contributed by atoms with Crippen LogP contribution in [0.25, 0.3) is 28.2 Å². The second kappa shape index (κ2) is 6.58. The van der Waals surface area contributed by atoms with E-state index < -0.39 is 0 Å². The third-order valence-corrected chi connectivity index (χ3v) is 4.33. The molecule has 0 unspecified atom stereocenters. The van der Waals surface area contributed by atoms with Gasteiger partial charge in [0.25, 0.3) is 0 Å². The first-order chi connectivity index (χ1) is 13.8. The number of hydrogen-bond acceptors (Lipinski definition) is 5. The van der Waals surface area contributed by atoms with Gasteiger partial charge >= 0.3 is 0 Å². The van der Waals surface area contributed by atoms with E-state index in [1.165, 1.54) is 18.5 Å². The monoisotopic (exact) mass is 371 g/mol. The van der Waals surface area contributed by atoms with Gasteiger partial charge in [-0.15, -0.1) is 5.10 Å². The zero-order valence-electron chi connectivity index (χ0n) is 14.5. The van der Waals surface area contributed by atoms with Crippen molar-refractivity contribution < 1.29 is 4.39 Å². The highest BCUT2D eigenvalue weighted by atomic mass is 19.1. The summed E-state index contributed by atoms with van der Waals surface area (Å²) in [5, 5.41) is 14.3. The van der Waals surface area contributed by atoms with Crippen LogP contribution in [0.4, 0.5) is 16.0 Å². The van der Waals surface area contributed by atoms with E-state index in [4.69, 9.17) is 0 Å². The molecule has 0 saturated carbocycles. The van der Waals surface area contributed by atoms with Gasteiger partial charge < -0.3 is 5.32 Å². The van der Waals surface area contributed by atoms with Crippen LogP contribution in [0.15, 0.2) is 73.2 Å². The minimum absolute atomic E-state index is 0.288. The molecule has 7 nitrogen and oxygen atoms in total. The summed E-state index contributed by atoms with van der Waals surface area (Å²) in [4.78, 5) is 8.71. The minimum atomic E-state index is -0.288. The summed E-state index contributed by atoms with van der Waals surface area (Å²) in [7, 11) is 0. The Morgan fingerprint density at radius 2 is 1.86 bits per heavy atom. The van der Waals surface area contributed by atoms with Crippen LogP contribution in [0.3, 0.4) is 0 Å². The molecular weight excluding hydrogens is 357 g/mol. The molecule has 0 aliphatic carbocycles. The number of fused-ring (bicyclic) bond motifs is 1. The number of pyridine rings is 1. The van der Waals surface area contributed by atoms with Crippen molar-refractivity contribution in [1.82, 2.24) is 29.8 Å². The highest BCUT2D eigenvalue weighted by Crippen LogP contribution is 2.26. The molecule has 0 bridgehead atoms. The van der Waals surface area contributed by atoms with Crippen molar-refractivity contribution in [3.05, 3.63) is 79.0 Å². The van der Waals surface area contributed by atoms with Crippen LogP contribution < -0.4 is 5.32 Å². The lowest BCUT2D eigenvalue weighted by atomic mass is 10.1. The molecule has 28 heavy (non-hydrogen) atoms. The molecule has 0 amide bonds. The fourth-order valence-corrected chi connectivity index (χ4v) is 3.03. The number of nitrogens with zero attached hydrogens (tertiary/aromatic N) is 5. The molecule has 3 heterocycles. The van der Waals surface area contributed by atoms with E-state index in [1.807, 2.05) is 48.7 Å². The second-order valence-electron chi connectivity index (χ2n) is 6.17. The van der Waals surface area contributed by atoms with Crippen molar-refractivity contribution >= 4 is 17.3 Å². The van der Waals surface area contributed by atoms with E-state index in [2.05, 4.69) is 30.6 Å². The van der Waals surface area contributed by atoms with Crippen LogP contribution >= 0.6 is 0 Å². The Morgan fingerprint density at radius 1 is 0.964 bits per heavy atom. The molecule has 8 heteroatoms. The smallest absolute Gasteiger partial charge is 0.247 e. The Hall–Kier alpha value is -4.07. The van der Waals surface area contributed by atoms with Crippen LogP contribution in [0.5, 0.6) is 0 Å². The average molecular weight is 371 g/mol. The van der Waals surface area contributed by atoms with Crippen molar-refractivity contribution in [2.45, 2.75) is 0 Å². The van der Waals surface area contributed by atoms with E-state index in [-0.39, 0.29) is 5.82 Å². The standard InChI is InChI=1S/C20H14FN7/c21-15-4-1-3-14(11-15)17-5-2-10-28-19(17)25-20(27-28)24-16-8-6-13(7-9-16)18-22-12-23-26-18/h1-12H,(H,24,27)(H,22,23,26). The number of benzene rings is 2. The number of halogens is 1. The number of anilines is 2. The number of nitrogens with one attached hydrogen (secondary N) is 2. The Labute approximate surface area is 158 Å². The second-order valence-corrected chi connectivity index (χ2v) is 6.17. The molecule has 2 aromatic carbocycles. The van der Waals surface area contributed by atoms with Gasteiger partial charge in [-0.3, -0.25) is 5.10 Å². The van der Waals surface area contributed by atoms with Gasteiger partial charge in [-0.05, 0) is 54.1 Å². The predicted octanol–water partition coefficient (Wildman–Crippen LogP) is 4.06. The molecular formula is C20H14FN7. The molecule has 3 aromatic heterocycles. The molecule has 0 aliphatic heterocycles. The van der Waals surface area contributed by atoms with E-state index in [1.54, 1.807) is 10.6 Å². The number of aromatic nitrogens is 6. The normalized spacial score (nSPS) is 11.0. The van der Waals surface area contributed by atoms with E-state index >= 15 is 0 Å². The van der Waals surface area contributed by atoms with Crippen LogP contribution in [-0.2, 0) is 0 Å². The van der Waals surface area contributed by atoms with Gasteiger partial charge in [-0.2, -0.15) is 10.1 Å². The van der Waals surface area contributed by atoms with Gasteiger partial charge in [0, 0.05) is 23.0 Å². The van der Waals surface area contributed by atoms with Gasteiger partial charge in [0.2, 0.25) is 5.95 Å². The Balaban J connectivity index is 1.46. The lowest BCUT2D eigenvalue weighted by Gasteiger charge is -2.03. The van der Waals surface area contributed by atoms with Crippen molar-refractivity contribution in [2.75, 3.05) is 5.32 Å². The van der Waals surface area contributed by atoms with Crippen LogP contribution in [0.2, 0.25) is 0 Å². The highest BCUT2D eigenvalue weighted by Gasteiger charge is 2.10. The number of aromatic amines is 1. The largest absolute Gasteiger partial charge is 0.323 e. The summed E-state index contributed by atoms with van der Waals surface area (Å²) >= 11 is 0. The van der Waals surface area contributed by atoms with Gasteiger partial charge in [-0.1, -0.05) is 12.1 Å². The van der Waals surface area contributed by atoms with Crippen LogP contribution in [0, 0.1) is 5.82 Å².